The van der Waals surface area contributed by atoms with Crippen LogP contribution in [-0.4, -0.2) is 20.0 Å². The first-order valence-electron chi connectivity index (χ1n) is 2.00. The fraction of sp³-hybridized carbons (Fsp3) is 0.600. The van der Waals surface area contributed by atoms with Gasteiger partial charge in [0.25, 0.3) is 0 Å². The molecule has 0 radical (unpaired) electrons. The van der Waals surface area contributed by atoms with Crippen LogP contribution in [0, 0.1) is 11.0 Å². The molecule has 0 bridgehead atoms. The van der Waals surface area contributed by atoms with Crippen LogP contribution in [0.3, 0.4) is 0 Å². The lowest BCUT2D eigenvalue weighted by atomic mass is 11.4. The maximum atomic E-state index is 5.15. The van der Waals surface area contributed by atoms with Gasteiger partial charge in [0.2, 0.25) is 0 Å². The first-order chi connectivity index (χ1) is 3.06. The van der Waals surface area contributed by atoms with Gasteiger partial charge >= 0.3 is 0 Å². The molecular weight excluding hydrogens is 162 g/mol. The average molecular weight is 171 g/mol. The SMILES string of the molecule is C[P+](C)(C)C#CCl.[Cl-]. The van der Waals surface area contributed by atoms with Gasteiger partial charge in [-0.3, -0.25) is 0 Å². The zero-order valence-electron chi connectivity index (χ0n) is 5.20. The Balaban J connectivity index is 0. The number of hydrogen-bond donors (Lipinski definition) is 0. The van der Waals surface area contributed by atoms with Gasteiger partial charge in [-0.05, 0) is 11.6 Å². The topological polar surface area (TPSA) is 0 Å². The monoisotopic (exact) mass is 170 g/mol. The van der Waals surface area contributed by atoms with Crippen molar-refractivity contribution in [2.75, 3.05) is 20.0 Å². The van der Waals surface area contributed by atoms with Gasteiger partial charge in [-0.15, -0.1) is 0 Å². The second-order valence-electron chi connectivity index (χ2n) is 2.22. The third-order valence-corrected chi connectivity index (χ3v) is 1.39. The molecule has 0 aromatic rings. The van der Waals surface area contributed by atoms with Crippen molar-refractivity contribution < 1.29 is 12.4 Å². The van der Waals surface area contributed by atoms with Crippen molar-refractivity contribution in [3.63, 3.8) is 0 Å². The van der Waals surface area contributed by atoms with Crippen LogP contribution < -0.4 is 12.4 Å². The summed E-state index contributed by atoms with van der Waals surface area (Å²) in [6.45, 7) is 6.38. The van der Waals surface area contributed by atoms with Gasteiger partial charge in [-0.1, -0.05) is 0 Å². The molecule has 0 aliphatic heterocycles. The van der Waals surface area contributed by atoms with E-state index in [0.717, 1.165) is 0 Å². The van der Waals surface area contributed by atoms with Crippen molar-refractivity contribution in [3.05, 3.63) is 0 Å². The van der Waals surface area contributed by atoms with E-state index in [0.29, 0.717) is 0 Å². The number of rotatable bonds is 0. The molecule has 0 aliphatic rings. The Morgan fingerprint density at radius 1 is 1.25 bits per heavy atom. The third-order valence-electron chi connectivity index (χ3n) is 0.378. The van der Waals surface area contributed by atoms with Crippen LogP contribution in [0.5, 0.6) is 0 Å². The van der Waals surface area contributed by atoms with Gasteiger partial charge in [0, 0.05) is 5.38 Å². The van der Waals surface area contributed by atoms with E-state index in [1.165, 1.54) is 0 Å². The van der Waals surface area contributed by atoms with E-state index in [9.17, 15) is 0 Å². The normalized spacial score (nSPS) is 8.50. The van der Waals surface area contributed by atoms with Crippen LogP contribution in [0.1, 0.15) is 0 Å². The molecule has 0 spiro atoms. The first-order valence-corrected chi connectivity index (χ1v) is 5.51. The highest BCUT2D eigenvalue weighted by molar-refractivity contribution is 7.78. The second-order valence-corrected chi connectivity index (χ2v) is 6.66. The van der Waals surface area contributed by atoms with Crippen molar-refractivity contribution in [2.24, 2.45) is 0 Å². The fourth-order valence-corrected chi connectivity index (χ4v) is 1.14. The summed E-state index contributed by atoms with van der Waals surface area (Å²) in [5.74, 6) is 0. The number of hydrogen-bond acceptors (Lipinski definition) is 0. The second kappa shape index (κ2) is 4.45. The summed E-state index contributed by atoms with van der Waals surface area (Å²) < 4.78 is 0. The van der Waals surface area contributed by atoms with E-state index in [-0.39, 0.29) is 12.4 Å². The lowest BCUT2D eigenvalue weighted by molar-refractivity contribution is -0.00000166. The molecule has 0 amide bonds. The summed E-state index contributed by atoms with van der Waals surface area (Å²) in [5, 5.41) is 2.38. The van der Waals surface area contributed by atoms with Crippen LogP contribution in [0.4, 0.5) is 0 Å². The van der Waals surface area contributed by atoms with Crippen molar-refractivity contribution in [2.45, 2.75) is 0 Å². The van der Waals surface area contributed by atoms with Crippen LogP contribution in [0.25, 0.3) is 0 Å². The summed E-state index contributed by atoms with van der Waals surface area (Å²) >= 11 is 5.15. The highest BCUT2D eigenvalue weighted by atomic mass is 35.5. The highest BCUT2D eigenvalue weighted by Gasteiger charge is 2.11. The minimum atomic E-state index is -0.909. The lowest BCUT2D eigenvalue weighted by Crippen LogP contribution is -3.00. The molecule has 0 saturated heterocycles. The molecule has 0 N–H and O–H groups in total. The van der Waals surface area contributed by atoms with E-state index in [2.05, 4.69) is 31.0 Å². The molecule has 0 aliphatic carbocycles. The molecule has 8 heavy (non-hydrogen) atoms. The van der Waals surface area contributed by atoms with Crippen molar-refractivity contribution >= 4 is 18.9 Å². The summed E-state index contributed by atoms with van der Waals surface area (Å²) in [6, 6.07) is 0. The molecule has 0 unspecified atom stereocenters. The molecule has 0 fully saturated rings. The van der Waals surface area contributed by atoms with Gasteiger partial charge in [-0.25, -0.2) is 0 Å². The van der Waals surface area contributed by atoms with Gasteiger partial charge in [-0.2, -0.15) is 0 Å². The largest absolute Gasteiger partial charge is 1.00 e. The number of halogens is 2. The molecule has 0 aromatic carbocycles. The molecule has 48 valence electrons. The Morgan fingerprint density at radius 3 is 1.62 bits per heavy atom. The summed E-state index contributed by atoms with van der Waals surface area (Å²) in [4.78, 5) is 0. The predicted molar refractivity (Wildman–Crippen MR) is 38.3 cm³/mol. The maximum absolute atomic E-state index is 5.15. The Bertz CT molecular complexity index is 104. The molecule has 0 saturated carbocycles. The Labute approximate surface area is 62.7 Å². The summed E-state index contributed by atoms with van der Waals surface area (Å²) in [6.07, 6.45) is 0. The van der Waals surface area contributed by atoms with Crippen LogP contribution >= 0.6 is 18.9 Å². The van der Waals surface area contributed by atoms with Crippen molar-refractivity contribution in [1.82, 2.24) is 0 Å². The van der Waals surface area contributed by atoms with Crippen molar-refractivity contribution in [3.8, 4) is 11.0 Å². The minimum Gasteiger partial charge on any atom is -1.00 e. The van der Waals surface area contributed by atoms with E-state index < -0.39 is 7.26 Å². The van der Waals surface area contributed by atoms with Gasteiger partial charge in [0.05, 0.1) is 32.9 Å². The lowest BCUT2D eigenvalue weighted by Gasteiger charge is -1.95. The fourth-order valence-electron chi connectivity index (χ4n) is 0.127. The average Bonchev–Trinajstić information content (AvgIpc) is 1.30. The standard InChI is InChI=1S/C5H9ClP.ClH/c1-7(2,3)5-4-6;/h1-3H3;1H/q+1;/p-1. The van der Waals surface area contributed by atoms with Gasteiger partial charge in [0.1, 0.15) is 0 Å². The summed E-state index contributed by atoms with van der Waals surface area (Å²) in [5.41, 5.74) is 2.91. The molecular formula is C5H9Cl2P. The molecule has 3 heteroatoms. The van der Waals surface area contributed by atoms with E-state index in [1.54, 1.807) is 0 Å². The zero-order chi connectivity index (χ0) is 5.91. The van der Waals surface area contributed by atoms with Crippen molar-refractivity contribution in [1.29, 1.82) is 0 Å². The molecule has 0 rings (SSSR count). The van der Waals surface area contributed by atoms with E-state index >= 15 is 0 Å². The Morgan fingerprint density at radius 2 is 1.62 bits per heavy atom. The third kappa shape index (κ3) is 9.76. The Kier molecular flexibility index (Phi) is 6.33. The van der Waals surface area contributed by atoms with E-state index in [4.69, 9.17) is 11.6 Å². The van der Waals surface area contributed by atoms with Gasteiger partial charge in [0.15, 0.2) is 0 Å². The van der Waals surface area contributed by atoms with Crippen LogP contribution in [-0.2, 0) is 0 Å². The predicted octanol–water partition coefficient (Wildman–Crippen LogP) is -0.945. The molecule has 0 atom stereocenters. The smallest absolute Gasteiger partial charge is 0.0909 e. The zero-order valence-corrected chi connectivity index (χ0v) is 7.61. The minimum absolute atomic E-state index is 0. The summed E-state index contributed by atoms with van der Waals surface area (Å²) in [7, 11) is -0.909. The first kappa shape index (κ1) is 11.4. The quantitative estimate of drug-likeness (QED) is 0.325. The molecule has 0 heterocycles. The van der Waals surface area contributed by atoms with E-state index in [1.807, 2.05) is 0 Å². The van der Waals surface area contributed by atoms with Crippen LogP contribution in [0.15, 0.2) is 0 Å². The molecule has 0 nitrogen and oxygen atoms in total. The van der Waals surface area contributed by atoms with Crippen LogP contribution in [0.2, 0.25) is 0 Å². The molecule has 0 aromatic heterocycles. The highest BCUT2D eigenvalue weighted by Crippen LogP contribution is 2.44. The Hall–Kier alpha value is 0.570. The van der Waals surface area contributed by atoms with Gasteiger partial charge < -0.3 is 12.4 Å². The maximum Gasteiger partial charge on any atom is 0.0909 e.